The van der Waals surface area contributed by atoms with Crippen molar-refractivity contribution >= 4 is 35.1 Å². The summed E-state index contributed by atoms with van der Waals surface area (Å²) in [7, 11) is 1.79. The molecule has 11 nitrogen and oxygen atoms in total. The van der Waals surface area contributed by atoms with E-state index in [1.54, 1.807) is 60.3 Å². The Morgan fingerprint density at radius 1 is 1.02 bits per heavy atom. The van der Waals surface area contributed by atoms with E-state index in [4.69, 9.17) is 16.3 Å². The van der Waals surface area contributed by atoms with Crippen LogP contribution in [-0.2, 0) is 21.4 Å². The number of amides is 4. The van der Waals surface area contributed by atoms with Gasteiger partial charge in [-0.1, -0.05) is 54.1 Å². The number of morpholine rings is 1. The highest BCUT2D eigenvalue weighted by atomic mass is 35.5. The van der Waals surface area contributed by atoms with Crippen LogP contribution in [0.5, 0.6) is 5.75 Å². The number of aryl methyl sites for hydroxylation is 1. The largest absolute Gasteiger partial charge is 0.507 e. The second-order valence-electron chi connectivity index (χ2n) is 12.1. The highest BCUT2D eigenvalue weighted by Crippen LogP contribution is 2.37. The molecular formula is C34H37ClN6O5. The third-order valence-corrected chi connectivity index (χ3v) is 7.60. The number of nitrogens with zero attached hydrogens (tertiary/aromatic N) is 3. The van der Waals surface area contributed by atoms with Crippen molar-refractivity contribution in [1.82, 2.24) is 25.3 Å². The summed E-state index contributed by atoms with van der Waals surface area (Å²) in [4.78, 5) is 41.8. The highest BCUT2D eigenvalue weighted by molar-refractivity contribution is 6.31. The number of ether oxygens (including phenoxy) is 1. The molecule has 4 aromatic rings. The number of phenols is 1. The van der Waals surface area contributed by atoms with Gasteiger partial charge in [-0.2, -0.15) is 5.10 Å². The minimum Gasteiger partial charge on any atom is -0.507 e. The van der Waals surface area contributed by atoms with Crippen LogP contribution >= 0.6 is 11.6 Å². The Hall–Kier alpha value is -4.87. The molecule has 0 saturated carbocycles. The number of nitrogens with one attached hydrogen (secondary N) is 3. The van der Waals surface area contributed by atoms with E-state index in [1.165, 1.54) is 11.0 Å². The normalized spacial score (nSPS) is 15.6. The van der Waals surface area contributed by atoms with E-state index in [1.807, 2.05) is 45.2 Å². The predicted octanol–water partition coefficient (Wildman–Crippen LogP) is 5.12. The molecule has 1 fully saturated rings. The van der Waals surface area contributed by atoms with E-state index in [9.17, 15) is 19.5 Å². The molecule has 1 aliphatic rings. The van der Waals surface area contributed by atoms with Crippen LogP contribution < -0.4 is 16.0 Å². The first-order valence-corrected chi connectivity index (χ1v) is 15.2. The molecule has 46 heavy (non-hydrogen) atoms. The van der Waals surface area contributed by atoms with Crippen molar-refractivity contribution in [3.05, 3.63) is 89.6 Å². The summed E-state index contributed by atoms with van der Waals surface area (Å²) in [6.45, 7) is 5.99. The zero-order chi connectivity index (χ0) is 33.0. The van der Waals surface area contributed by atoms with E-state index in [-0.39, 0.29) is 25.5 Å². The van der Waals surface area contributed by atoms with Crippen molar-refractivity contribution in [2.75, 3.05) is 25.1 Å². The third kappa shape index (κ3) is 7.67. The van der Waals surface area contributed by atoms with Gasteiger partial charge in [0.05, 0.1) is 13.2 Å². The Morgan fingerprint density at radius 2 is 1.74 bits per heavy atom. The van der Waals surface area contributed by atoms with E-state index in [0.717, 1.165) is 11.1 Å². The van der Waals surface area contributed by atoms with Crippen molar-refractivity contribution in [3.8, 4) is 28.1 Å². The molecule has 1 saturated heterocycles. The standard InChI is InChI=1S/C34H37ClN6O5/c1-34(2,3)38-33(45)37-29(22-8-6-5-7-9-22)32(44)41-16-17-46-20-27(41)31(43)36-24-13-10-21(11-14-24)26-19-40(4)39-30(26)25-18-23(35)12-15-28(25)42/h5-15,18-19,27,29,42H,16-17,20H2,1-4H3,(H,36,43)(H2,37,38,45)/t27-,29+/m0/s1. The quantitative estimate of drug-likeness (QED) is 0.220. The van der Waals surface area contributed by atoms with E-state index < -0.39 is 35.5 Å². The lowest BCUT2D eigenvalue weighted by molar-refractivity contribution is -0.148. The van der Waals surface area contributed by atoms with Crippen LogP contribution in [-0.4, -0.2) is 69.0 Å². The number of hydrogen-bond donors (Lipinski definition) is 4. The molecule has 2 heterocycles. The van der Waals surface area contributed by atoms with Crippen LogP contribution in [0.3, 0.4) is 0 Å². The van der Waals surface area contributed by atoms with Gasteiger partial charge in [0, 0.05) is 47.2 Å². The SMILES string of the molecule is Cn1cc(-c2ccc(NC(=O)[C@@H]3COCCN3C(=O)[C@H](NC(=O)NC(C)(C)C)c3ccccc3)cc2)c(-c2cc(Cl)ccc2O)n1. The summed E-state index contributed by atoms with van der Waals surface area (Å²) in [5.41, 5.74) is 3.24. The van der Waals surface area contributed by atoms with Crippen molar-refractivity contribution in [1.29, 1.82) is 0 Å². The van der Waals surface area contributed by atoms with Gasteiger partial charge in [-0.15, -0.1) is 0 Å². The van der Waals surface area contributed by atoms with Gasteiger partial charge in [0.2, 0.25) is 5.91 Å². The van der Waals surface area contributed by atoms with Gasteiger partial charge in [0.25, 0.3) is 5.91 Å². The predicted molar refractivity (Wildman–Crippen MR) is 176 cm³/mol. The number of aromatic hydroxyl groups is 1. The molecule has 5 rings (SSSR count). The summed E-state index contributed by atoms with van der Waals surface area (Å²) in [5, 5.41) is 24.0. The number of urea groups is 1. The highest BCUT2D eigenvalue weighted by Gasteiger charge is 2.37. The molecule has 4 N–H and O–H groups in total. The van der Waals surface area contributed by atoms with Gasteiger partial charge in [-0.3, -0.25) is 14.3 Å². The van der Waals surface area contributed by atoms with Crippen LogP contribution in [0.1, 0.15) is 32.4 Å². The number of anilines is 1. The lowest BCUT2D eigenvalue weighted by Gasteiger charge is -2.37. The molecule has 3 aromatic carbocycles. The second kappa shape index (κ2) is 13.6. The van der Waals surface area contributed by atoms with Crippen molar-refractivity contribution in [2.24, 2.45) is 7.05 Å². The van der Waals surface area contributed by atoms with Gasteiger partial charge < -0.3 is 30.7 Å². The molecular weight excluding hydrogens is 608 g/mol. The summed E-state index contributed by atoms with van der Waals surface area (Å²) in [6, 6.07) is 18.5. The Bertz CT molecular complexity index is 1720. The minimum atomic E-state index is -1.01. The Kier molecular flexibility index (Phi) is 9.64. The first-order valence-electron chi connectivity index (χ1n) is 14.9. The van der Waals surface area contributed by atoms with Gasteiger partial charge >= 0.3 is 6.03 Å². The van der Waals surface area contributed by atoms with Crippen molar-refractivity contribution in [2.45, 2.75) is 38.4 Å². The van der Waals surface area contributed by atoms with E-state index in [0.29, 0.717) is 27.5 Å². The molecule has 0 spiro atoms. The average molecular weight is 645 g/mol. The average Bonchev–Trinajstić information content (AvgIpc) is 3.41. The summed E-state index contributed by atoms with van der Waals surface area (Å²) < 4.78 is 7.27. The number of aromatic nitrogens is 2. The van der Waals surface area contributed by atoms with Crippen LogP contribution in [0.4, 0.5) is 10.5 Å². The third-order valence-electron chi connectivity index (χ3n) is 7.36. The number of benzene rings is 3. The first kappa shape index (κ1) is 32.5. The smallest absolute Gasteiger partial charge is 0.316 e. The van der Waals surface area contributed by atoms with Crippen molar-refractivity contribution < 1.29 is 24.2 Å². The zero-order valence-electron chi connectivity index (χ0n) is 26.1. The number of hydrogen-bond acceptors (Lipinski definition) is 6. The lowest BCUT2D eigenvalue weighted by atomic mass is 10.0. The molecule has 12 heteroatoms. The maximum absolute atomic E-state index is 14.0. The number of phenolic OH excluding ortho intramolecular Hbond substituents is 1. The maximum Gasteiger partial charge on any atom is 0.316 e. The molecule has 2 atom stereocenters. The number of carbonyl (C=O) groups is 3. The van der Waals surface area contributed by atoms with Crippen LogP contribution in [0, 0.1) is 0 Å². The molecule has 0 bridgehead atoms. The molecule has 0 radical (unpaired) electrons. The van der Waals surface area contributed by atoms with Crippen LogP contribution in [0.25, 0.3) is 22.4 Å². The monoisotopic (exact) mass is 644 g/mol. The molecule has 4 amide bonds. The summed E-state index contributed by atoms with van der Waals surface area (Å²) in [6.07, 6.45) is 1.84. The molecule has 1 aliphatic heterocycles. The fraction of sp³-hybridized carbons (Fsp3) is 0.294. The fourth-order valence-corrected chi connectivity index (χ4v) is 5.42. The zero-order valence-corrected chi connectivity index (χ0v) is 26.8. The summed E-state index contributed by atoms with van der Waals surface area (Å²) in [5.74, 6) is -0.776. The van der Waals surface area contributed by atoms with Gasteiger partial charge in [-0.25, -0.2) is 4.79 Å². The minimum absolute atomic E-state index is 0.00747. The number of carbonyl (C=O) groups excluding carboxylic acids is 3. The fourth-order valence-electron chi connectivity index (χ4n) is 5.25. The maximum atomic E-state index is 14.0. The van der Waals surface area contributed by atoms with Gasteiger partial charge in [0.1, 0.15) is 23.5 Å². The lowest BCUT2D eigenvalue weighted by Crippen LogP contribution is -2.58. The van der Waals surface area contributed by atoms with Crippen LogP contribution in [0.2, 0.25) is 5.02 Å². The topological polar surface area (TPSA) is 138 Å². The van der Waals surface area contributed by atoms with E-state index >= 15 is 0 Å². The van der Waals surface area contributed by atoms with Crippen molar-refractivity contribution in [3.63, 3.8) is 0 Å². The summed E-state index contributed by atoms with van der Waals surface area (Å²) >= 11 is 6.19. The number of rotatable bonds is 7. The van der Waals surface area contributed by atoms with E-state index in [2.05, 4.69) is 21.0 Å². The Balaban J connectivity index is 1.34. The second-order valence-corrected chi connectivity index (χ2v) is 12.5. The van der Waals surface area contributed by atoms with Gasteiger partial charge in [0.15, 0.2) is 0 Å². The Morgan fingerprint density at radius 3 is 2.43 bits per heavy atom. The van der Waals surface area contributed by atoms with Crippen LogP contribution in [0.15, 0.2) is 79.0 Å². The Labute approximate surface area is 272 Å². The molecule has 1 aromatic heterocycles. The first-order chi connectivity index (χ1) is 21.9. The number of halogens is 1. The molecule has 0 unspecified atom stereocenters. The van der Waals surface area contributed by atoms with Gasteiger partial charge in [-0.05, 0) is 62.2 Å². The molecule has 0 aliphatic carbocycles. The molecule has 240 valence electrons.